The van der Waals surface area contributed by atoms with Crippen LogP contribution in [0.5, 0.6) is 0 Å². The molecule has 0 amide bonds. The van der Waals surface area contributed by atoms with Gasteiger partial charge in [0.2, 0.25) is 0 Å². The molecule has 0 N–H and O–H groups in total. The Labute approximate surface area is 283 Å². The number of hydrogen-bond donors (Lipinski definition) is 0. The van der Waals surface area contributed by atoms with Crippen LogP contribution in [-0.4, -0.2) is 9.97 Å². The molecule has 0 atom stereocenters. The quantitative estimate of drug-likeness (QED) is 0.151. The standard InChI is InChI=1S/C46H36N2/c1-3-34(36-20-10-5-11-21-36)29-41(28-33(2)35-18-8-4-9-19-35)45-46(48-44-27-17-16-26-43(44)47-45)42-31-39(37-22-12-6-13-23-37)30-40(32-42)38-24-14-7-15-25-38/h4-32H,2-3H2,1H3. The van der Waals surface area contributed by atoms with Crippen LogP contribution < -0.4 is 0 Å². The number of aromatic nitrogens is 2. The molecular formula is C46H36N2. The molecule has 0 aliphatic heterocycles. The third-order valence-electron chi connectivity index (χ3n) is 8.59. The Hall–Kier alpha value is -6.12. The SMILES string of the molecule is C=C(C=C(C=C(CC)c1ccccc1)c1nc2ccccc2nc1-c1cc(-c2ccccc2)cc(-c2ccccc2)c1)c1ccccc1. The molecule has 1 heterocycles. The van der Waals surface area contributed by atoms with Crippen LogP contribution in [0.3, 0.4) is 0 Å². The van der Waals surface area contributed by atoms with E-state index in [1.165, 1.54) is 11.1 Å². The van der Waals surface area contributed by atoms with Gasteiger partial charge in [0, 0.05) is 11.1 Å². The molecule has 0 aliphatic rings. The first kappa shape index (κ1) is 30.5. The predicted octanol–water partition coefficient (Wildman–Crippen LogP) is 12.2. The lowest BCUT2D eigenvalue weighted by Crippen LogP contribution is -2.00. The van der Waals surface area contributed by atoms with Crippen LogP contribution in [0, 0.1) is 0 Å². The summed E-state index contributed by atoms with van der Waals surface area (Å²) < 4.78 is 0. The molecule has 7 rings (SSSR count). The third-order valence-corrected chi connectivity index (χ3v) is 8.59. The first-order chi connectivity index (χ1) is 23.7. The number of allylic oxidation sites excluding steroid dienone is 5. The van der Waals surface area contributed by atoms with E-state index in [9.17, 15) is 0 Å². The summed E-state index contributed by atoms with van der Waals surface area (Å²) in [6, 6.07) is 56.9. The summed E-state index contributed by atoms with van der Waals surface area (Å²) in [5.74, 6) is 0. The van der Waals surface area contributed by atoms with Gasteiger partial charge >= 0.3 is 0 Å². The average molecular weight is 617 g/mol. The second-order valence-corrected chi connectivity index (χ2v) is 11.8. The maximum Gasteiger partial charge on any atom is 0.0973 e. The van der Waals surface area contributed by atoms with E-state index in [2.05, 4.69) is 147 Å². The smallest absolute Gasteiger partial charge is 0.0973 e. The summed E-state index contributed by atoms with van der Waals surface area (Å²) in [5.41, 5.74) is 14.2. The van der Waals surface area contributed by atoms with E-state index in [1.54, 1.807) is 0 Å². The second-order valence-electron chi connectivity index (χ2n) is 11.8. The zero-order chi connectivity index (χ0) is 32.7. The van der Waals surface area contributed by atoms with Gasteiger partial charge in [-0.25, -0.2) is 9.97 Å². The average Bonchev–Trinajstić information content (AvgIpc) is 3.17. The van der Waals surface area contributed by atoms with E-state index in [4.69, 9.17) is 9.97 Å². The molecule has 0 spiro atoms. The molecule has 0 bridgehead atoms. The topological polar surface area (TPSA) is 25.8 Å². The molecule has 230 valence electrons. The fraction of sp³-hybridized carbons (Fsp3) is 0.0435. The zero-order valence-electron chi connectivity index (χ0n) is 27.1. The molecule has 0 unspecified atom stereocenters. The predicted molar refractivity (Wildman–Crippen MR) is 204 cm³/mol. The Morgan fingerprint density at radius 3 is 1.50 bits per heavy atom. The molecule has 1 aromatic heterocycles. The van der Waals surface area contributed by atoms with E-state index in [-0.39, 0.29) is 0 Å². The van der Waals surface area contributed by atoms with Gasteiger partial charge in [0.25, 0.3) is 0 Å². The monoisotopic (exact) mass is 616 g/mol. The summed E-state index contributed by atoms with van der Waals surface area (Å²) in [6.45, 7) is 6.71. The lowest BCUT2D eigenvalue weighted by atomic mass is 9.92. The highest BCUT2D eigenvalue weighted by molar-refractivity contribution is 5.96. The molecule has 2 heteroatoms. The van der Waals surface area contributed by atoms with Crippen molar-refractivity contribution in [1.29, 1.82) is 0 Å². The first-order valence-corrected chi connectivity index (χ1v) is 16.4. The Morgan fingerprint density at radius 2 is 0.958 bits per heavy atom. The minimum absolute atomic E-state index is 0.817. The van der Waals surface area contributed by atoms with Crippen molar-refractivity contribution < 1.29 is 0 Å². The molecule has 0 saturated carbocycles. The van der Waals surface area contributed by atoms with Crippen LogP contribution in [0.4, 0.5) is 0 Å². The van der Waals surface area contributed by atoms with Crippen molar-refractivity contribution in [3.8, 4) is 33.5 Å². The van der Waals surface area contributed by atoms with E-state index in [0.29, 0.717) is 0 Å². The van der Waals surface area contributed by atoms with E-state index < -0.39 is 0 Å². The van der Waals surface area contributed by atoms with Crippen molar-refractivity contribution in [2.75, 3.05) is 0 Å². The normalized spacial score (nSPS) is 11.9. The Balaban J connectivity index is 1.52. The fourth-order valence-electron chi connectivity index (χ4n) is 6.09. The summed E-state index contributed by atoms with van der Waals surface area (Å²) in [4.78, 5) is 10.7. The fourth-order valence-corrected chi connectivity index (χ4v) is 6.09. The van der Waals surface area contributed by atoms with Gasteiger partial charge < -0.3 is 0 Å². The van der Waals surface area contributed by atoms with Gasteiger partial charge in [-0.05, 0) is 93.4 Å². The van der Waals surface area contributed by atoms with Gasteiger partial charge in [0.1, 0.15) is 0 Å². The Kier molecular flexibility index (Phi) is 8.97. The van der Waals surface area contributed by atoms with Crippen molar-refractivity contribution in [1.82, 2.24) is 9.97 Å². The summed E-state index contributed by atoms with van der Waals surface area (Å²) in [7, 11) is 0. The van der Waals surface area contributed by atoms with Crippen molar-refractivity contribution in [2.45, 2.75) is 13.3 Å². The number of para-hydroxylation sites is 2. The van der Waals surface area contributed by atoms with E-state index in [1.807, 2.05) is 42.5 Å². The Bertz CT molecular complexity index is 2190. The van der Waals surface area contributed by atoms with Crippen molar-refractivity contribution in [3.05, 3.63) is 199 Å². The van der Waals surface area contributed by atoms with E-state index >= 15 is 0 Å². The molecule has 0 radical (unpaired) electrons. The molecule has 2 nitrogen and oxygen atoms in total. The van der Waals surface area contributed by atoms with Crippen molar-refractivity contribution in [2.24, 2.45) is 0 Å². The summed E-state index contributed by atoms with van der Waals surface area (Å²) in [5, 5.41) is 0. The molecule has 48 heavy (non-hydrogen) atoms. The number of rotatable bonds is 9. The molecule has 0 saturated heterocycles. The minimum atomic E-state index is 0.817. The molecule has 0 aliphatic carbocycles. The summed E-state index contributed by atoms with van der Waals surface area (Å²) >= 11 is 0. The maximum atomic E-state index is 5.37. The second kappa shape index (κ2) is 14.1. The number of hydrogen-bond acceptors (Lipinski definition) is 2. The summed E-state index contributed by atoms with van der Waals surface area (Å²) in [6.07, 6.45) is 5.29. The molecular weight excluding hydrogens is 581 g/mol. The van der Waals surface area contributed by atoms with Crippen molar-refractivity contribution in [3.63, 3.8) is 0 Å². The van der Waals surface area contributed by atoms with Gasteiger partial charge in [-0.2, -0.15) is 0 Å². The number of nitrogens with zero attached hydrogens (tertiary/aromatic N) is 2. The largest absolute Gasteiger partial charge is 0.244 e. The van der Waals surface area contributed by atoms with Gasteiger partial charge in [-0.15, -0.1) is 0 Å². The minimum Gasteiger partial charge on any atom is -0.244 e. The van der Waals surface area contributed by atoms with Crippen LogP contribution in [0.15, 0.2) is 183 Å². The maximum absolute atomic E-state index is 5.37. The first-order valence-electron chi connectivity index (χ1n) is 16.4. The molecule has 6 aromatic carbocycles. The van der Waals surface area contributed by atoms with Crippen LogP contribution in [-0.2, 0) is 0 Å². The van der Waals surface area contributed by atoms with Gasteiger partial charge in [0.15, 0.2) is 0 Å². The van der Waals surface area contributed by atoms with Crippen LogP contribution in [0.25, 0.3) is 61.3 Å². The third kappa shape index (κ3) is 6.70. The van der Waals surface area contributed by atoms with Crippen LogP contribution in [0.2, 0.25) is 0 Å². The lowest BCUT2D eigenvalue weighted by molar-refractivity contribution is 1.23. The Morgan fingerprint density at radius 1 is 0.500 bits per heavy atom. The zero-order valence-corrected chi connectivity index (χ0v) is 27.1. The molecule has 0 fully saturated rings. The highest BCUT2D eigenvalue weighted by Crippen LogP contribution is 2.37. The van der Waals surface area contributed by atoms with E-state index in [0.717, 1.165) is 73.4 Å². The van der Waals surface area contributed by atoms with Gasteiger partial charge in [-0.1, -0.05) is 147 Å². The van der Waals surface area contributed by atoms with Crippen LogP contribution >= 0.6 is 0 Å². The molecule has 7 aromatic rings. The van der Waals surface area contributed by atoms with Crippen molar-refractivity contribution >= 4 is 27.8 Å². The number of fused-ring (bicyclic) bond motifs is 1. The lowest BCUT2D eigenvalue weighted by Gasteiger charge is -2.16. The van der Waals surface area contributed by atoms with Gasteiger partial charge in [-0.3, -0.25) is 0 Å². The highest BCUT2D eigenvalue weighted by atomic mass is 14.8. The highest BCUT2D eigenvalue weighted by Gasteiger charge is 2.18. The number of benzene rings is 6. The van der Waals surface area contributed by atoms with Crippen LogP contribution in [0.1, 0.15) is 30.2 Å². The van der Waals surface area contributed by atoms with Gasteiger partial charge in [0.05, 0.1) is 22.4 Å².